The maximum absolute atomic E-state index is 6.49. The summed E-state index contributed by atoms with van der Waals surface area (Å²) >= 11 is -1.74. The number of unbranched alkanes of at least 4 members (excludes halogenated alkanes) is 3. The van der Waals surface area contributed by atoms with Gasteiger partial charge in [0.2, 0.25) is 0 Å². The minimum atomic E-state index is -1.74. The van der Waals surface area contributed by atoms with E-state index in [0.29, 0.717) is 0 Å². The zero-order valence-corrected chi connectivity index (χ0v) is 15.6. The van der Waals surface area contributed by atoms with Crippen molar-refractivity contribution >= 4 is 37.0 Å². The molecule has 16 heavy (non-hydrogen) atoms. The Bertz CT molecular complexity index is 197. The summed E-state index contributed by atoms with van der Waals surface area (Å²) in [4.78, 5) is 0. The van der Waals surface area contributed by atoms with Crippen LogP contribution in [-0.2, 0) is 0 Å². The summed E-state index contributed by atoms with van der Waals surface area (Å²) in [6, 6.07) is 0. The Labute approximate surface area is 114 Å². The van der Waals surface area contributed by atoms with Gasteiger partial charge in [0.15, 0.2) is 0 Å². The van der Waals surface area contributed by atoms with Crippen LogP contribution in [0.2, 0.25) is 0 Å². The molecule has 0 bridgehead atoms. The van der Waals surface area contributed by atoms with Gasteiger partial charge in [-0.05, 0) is 0 Å². The summed E-state index contributed by atoms with van der Waals surface area (Å²) in [5.74, 6) is 0. The van der Waals surface area contributed by atoms with Gasteiger partial charge in [-0.3, -0.25) is 0 Å². The molecule has 0 aromatic carbocycles. The summed E-state index contributed by atoms with van der Waals surface area (Å²) < 4.78 is 0. The molecule has 0 aromatic rings. The van der Waals surface area contributed by atoms with Crippen molar-refractivity contribution in [1.29, 1.82) is 0 Å². The third kappa shape index (κ3) is 6.48. The molecule has 0 aromatic heterocycles. The van der Waals surface area contributed by atoms with Gasteiger partial charge in [0.1, 0.15) is 0 Å². The van der Waals surface area contributed by atoms with Gasteiger partial charge in [-0.15, -0.1) is 0 Å². The average Bonchev–Trinajstić information content (AvgIpc) is 2.28. The van der Waals surface area contributed by atoms with E-state index in [4.69, 9.17) is 20.0 Å². The van der Waals surface area contributed by atoms with Crippen LogP contribution in [0, 0.1) is 0 Å². The Morgan fingerprint density at radius 2 is 1.06 bits per heavy atom. The van der Waals surface area contributed by atoms with E-state index in [2.05, 4.69) is 20.8 Å². The summed E-state index contributed by atoms with van der Waals surface area (Å²) in [5.41, 5.74) is -0.920. The number of hydrogen-bond acceptors (Lipinski definition) is 0. The van der Waals surface area contributed by atoms with E-state index in [9.17, 15) is 0 Å². The molecular formula is C12H27Cl2GeP. The standard InChI is InChI=1S/C12H27Cl2GeP/c1-4-7-10-16(15(13)14,11-8-5-2)12-9-6-3/h4-12H2,1-3H3. The quantitative estimate of drug-likeness (QED) is 0.362. The fourth-order valence-electron chi connectivity index (χ4n) is 1.97. The third-order valence-corrected chi connectivity index (χ3v) is 27.3. The van der Waals surface area contributed by atoms with Crippen molar-refractivity contribution in [1.82, 2.24) is 0 Å². The maximum atomic E-state index is 6.49. The fraction of sp³-hybridized carbons (Fsp3) is 1.00. The Morgan fingerprint density at radius 3 is 1.25 bits per heavy atom. The molecule has 0 heterocycles. The van der Waals surface area contributed by atoms with Crippen molar-refractivity contribution in [2.45, 2.75) is 59.3 Å². The van der Waals surface area contributed by atoms with Gasteiger partial charge < -0.3 is 0 Å². The predicted molar refractivity (Wildman–Crippen MR) is 83.7 cm³/mol. The van der Waals surface area contributed by atoms with Crippen LogP contribution in [0.25, 0.3) is 0 Å². The van der Waals surface area contributed by atoms with E-state index in [1.807, 2.05) is 0 Å². The molecule has 98 valence electrons. The topological polar surface area (TPSA) is 0 Å². The van der Waals surface area contributed by atoms with E-state index in [-0.39, 0.29) is 0 Å². The van der Waals surface area contributed by atoms with Crippen LogP contribution in [0.3, 0.4) is 0 Å². The fourth-order valence-corrected chi connectivity index (χ4v) is 20.0. The Kier molecular flexibility index (Phi) is 11.5. The zero-order chi connectivity index (χ0) is 12.4. The summed E-state index contributed by atoms with van der Waals surface area (Å²) in [6.07, 6.45) is 12.0. The van der Waals surface area contributed by atoms with Crippen LogP contribution < -0.4 is 0 Å². The van der Waals surface area contributed by atoms with Crippen LogP contribution in [0.4, 0.5) is 0 Å². The van der Waals surface area contributed by atoms with E-state index >= 15 is 0 Å². The molecule has 0 aliphatic heterocycles. The molecule has 0 amide bonds. The number of hydrogen-bond donors (Lipinski definition) is 0. The van der Waals surface area contributed by atoms with Gasteiger partial charge in [-0.2, -0.15) is 0 Å². The molecule has 0 aliphatic carbocycles. The van der Waals surface area contributed by atoms with Gasteiger partial charge in [0, 0.05) is 0 Å². The number of halogens is 2. The van der Waals surface area contributed by atoms with Crippen LogP contribution in [0.1, 0.15) is 59.3 Å². The van der Waals surface area contributed by atoms with Crippen LogP contribution in [-0.4, -0.2) is 30.0 Å². The second kappa shape index (κ2) is 10.5. The van der Waals surface area contributed by atoms with E-state index in [1.165, 1.54) is 57.0 Å². The molecule has 0 saturated carbocycles. The normalized spacial score (nSPS) is 11.8. The molecule has 0 radical (unpaired) electrons. The first-order valence-corrected chi connectivity index (χ1v) is 17.3. The molecule has 4 heteroatoms. The third-order valence-electron chi connectivity index (χ3n) is 3.18. The second-order valence-electron chi connectivity index (χ2n) is 4.62. The minimum absolute atomic E-state index is 0.920. The monoisotopic (exact) mass is 346 g/mol. The zero-order valence-electron chi connectivity index (χ0n) is 11.1. The first kappa shape index (κ1) is 17.6. The van der Waals surface area contributed by atoms with Crippen LogP contribution >= 0.6 is 25.4 Å². The average molecular weight is 346 g/mol. The van der Waals surface area contributed by atoms with E-state index in [1.54, 1.807) is 0 Å². The summed E-state index contributed by atoms with van der Waals surface area (Å²) in [6.45, 7) is 6.82. The Hall–Kier alpha value is 1.55. The molecule has 0 rings (SSSR count). The molecule has 0 aliphatic rings. The van der Waals surface area contributed by atoms with Crippen molar-refractivity contribution in [2.75, 3.05) is 18.5 Å². The SMILES string of the molecule is CCCC[P](CCCC)(CCCC)=[Ge]([Cl])[Cl]. The molecule has 0 atom stereocenters. The molecule has 0 N–H and O–H groups in total. The molecular weight excluding hydrogens is 319 g/mol. The van der Waals surface area contributed by atoms with Crippen molar-refractivity contribution in [3.63, 3.8) is 0 Å². The molecule has 0 fully saturated rings. The number of rotatable bonds is 9. The van der Waals surface area contributed by atoms with Crippen molar-refractivity contribution in [3.8, 4) is 0 Å². The Balaban J connectivity index is 4.69. The Morgan fingerprint density at radius 1 is 0.750 bits per heavy atom. The molecule has 0 nitrogen and oxygen atoms in total. The van der Waals surface area contributed by atoms with E-state index < -0.39 is 17.0 Å². The van der Waals surface area contributed by atoms with Gasteiger partial charge in [0.25, 0.3) is 0 Å². The van der Waals surface area contributed by atoms with Gasteiger partial charge in [-0.1, -0.05) is 0 Å². The second-order valence-corrected chi connectivity index (χ2v) is 25.2. The van der Waals surface area contributed by atoms with Crippen molar-refractivity contribution in [2.24, 2.45) is 0 Å². The first-order valence-electron chi connectivity index (χ1n) is 6.67. The summed E-state index contributed by atoms with van der Waals surface area (Å²) in [7, 11) is 13.0. The van der Waals surface area contributed by atoms with Crippen molar-refractivity contribution < 1.29 is 0 Å². The van der Waals surface area contributed by atoms with Crippen LogP contribution in [0.5, 0.6) is 0 Å². The predicted octanol–water partition coefficient (Wildman–Crippen LogP) is 5.87. The van der Waals surface area contributed by atoms with Gasteiger partial charge in [0.05, 0.1) is 0 Å². The molecule has 0 spiro atoms. The van der Waals surface area contributed by atoms with Crippen LogP contribution in [0.15, 0.2) is 0 Å². The van der Waals surface area contributed by atoms with Crippen molar-refractivity contribution in [3.05, 3.63) is 0 Å². The first-order chi connectivity index (χ1) is 7.63. The van der Waals surface area contributed by atoms with Gasteiger partial charge >= 0.3 is 115 Å². The molecule has 0 unspecified atom stereocenters. The van der Waals surface area contributed by atoms with E-state index in [0.717, 1.165) is 0 Å². The summed E-state index contributed by atoms with van der Waals surface area (Å²) in [5, 5.41) is 0. The molecule has 0 saturated heterocycles. The van der Waals surface area contributed by atoms with Gasteiger partial charge in [-0.25, -0.2) is 0 Å².